The van der Waals surface area contributed by atoms with Gasteiger partial charge in [-0.25, -0.2) is 24.4 Å². The van der Waals surface area contributed by atoms with E-state index in [4.69, 9.17) is 19.2 Å². The second kappa shape index (κ2) is 19.6. The number of hydrogen-bond acceptors (Lipinski definition) is 10. The minimum Gasteiger partial charge on any atom is -0.496 e. The molecule has 2 saturated heterocycles. The number of imidazole rings is 2. The molecule has 18 heteroatoms. The molecule has 4 N–H and O–H groups in total. The quantitative estimate of drug-likeness (QED) is 0.102. The Morgan fingerprint density at radius 2 is 1.18 bits per heavy atom. The fourth-order valence-corrected chi connectivity index (χ4v) is 9.22. The van der Waals surface area contributed by atoms with Crippen molar-refractivity contribution in [1.82, 2.24) is 50.2 Å². The molecule has 3 aliphatic heterocycles. The first-order valence-electron chi connectivity index (χ1n) is 22.6. The van der Waals surface area contributed by atoms with Crippen LogP contribution in [-0.4, -0.2) is 123 Å². The highest BCUT2D eigenvalue weighted by Gasteiger charge is 2.44. The Balaban J connectivity index is 0.962. The predicted octanol–water partition coefficient (Wildman–Crippen LogP) is 6.85. The third-order valence-electron chi connectivity index (χ3n) is 12.9. The van der Waals surface area contributed by atoms with Gasteiger partial charge in [-0.2, -0.15) is 0 Å². The molecule has 5 aromatic rings. The van der Waals surface area contributed by atoms with E-state index in [1.807, 2.05) is 94.4 Å². The molecule has 67 heavy (non-hydrogen) atoms. The Labute approximate surface area is 389 Å². The summed E-state index contributed by atoms with van der Waals surface area (Å²) in [5.74, 6) is 1.03. The number of carbonyl (C=O) groups excluding carboxylic acids is 5. The zero-order chi connectivity index (χ0) is 47.5. The van der Waals surface area contributed by atoms with Gasteiger partial charge in [-0.3, -0.25) is 9.59 Å². The number of benzene rings is 3. The van der Waals surface area contributed by atoms with Crippen molar-refractivity contribution in [3.8, 4) is 39.4 Å². The maximum Gasteiger partial charge on any atom is 0.407 e. The van der Waals surface area contributed by atoms with Crippen LogP contribution in [0.2, 0.25) is 0 Å². The van der Waals surface area contributed by atoms with E-state index in [2.05, 4.69) is 25.6 Å². The average Bonchev–Trinajstić information content (AvgIpc) is 4.21. The normalized spacial score (nSPS) is 17.7. The summed E-state index contributed by atoms with van der Waals surface area (Å²) >= 11 is 0. The van der Waals surface area contributed by atoms with Crippen molar-refractivity contribution in [3.63, 3.8) is 0 Å². The maximum atomic E-state index is 14.3. The molecular weight excluding hydrogens is 857 g/mol. The highest BCUT2D eigenvalue weighted by atomic mass is 16.5. The molecule has 3 aromatic carbocycles. The number of nitrogens with one attached hydrogen (secondary N) is 4. The Morgan fingerprint density at radius 1 is 0.657 bits per heavy atom. The van der Waals surface area contributed by atoms with Crippen LogP contribution in [0.3, 0.4) is 0 Å². The Morgan fingerprint density at radius 3 is 1.70 bits per heavy atom. The molecule has 0 radical (unpaired) electrons. The largest absolute Gasteiger partial charge is 0.496 e. The van der Waals surface area contributed by atoms with E-state index in [0.29, 0.717) is 31.3 Å². The van der Waals surface area contributed by atoms with Crippen molar-refractivity contribution in [1.29, 1.82) is 0 Å². The van der Waals surface area contributed by atoms with Gasteiger partial charge in [0, 0.05) is 18.7 Å². The summed E-state index contributed by atoms with van der Waals surface area (Å²) in [5, 5.41) is 5.38. The fourth-order valence-electron chi connectivity index (χ4n) is 9.22. The molecule has 2 fully saturated rings. The van der Waals surface area contributed by atoms with Gasteiger partial charge in [-0.05, 0) is 58.6 Å². The molecule has 0 spiro atoms. The molecular formula is C49H58N10O8. The number of carbonyl (C=O) groups is 5. The minimum absolute atomic E-state index is 0.0000617. The van der Waals surface area contributed by atoms with Crippen molar-refractivity contribution >= 4 is 30.0 Å². The Bertz CT molecular complexity index is 2610. The molecule has 1 unspecified atom stereocenters. The summed E-state index contributed by atoms with van der Waals surface area (Å²) in [6, 6.07) is 19.3. The van der Waals surface area contributed by atoms with Crippen molar-refractivity contribution in [3.05, 3.63) is 102 Å². The lowest BCUT2D eigenvalue weighted by Crippen LogP contribution is -2.52. The van der Waals surface area contributed by atoms with Crippen LogP contribution in [0.15, 0.2) is 79.1 Å². The van der Waals surface area contributed by atoms with Gasteiger partial charge in [0.15, 0.2) is 0 Å². The van der Waals surface area contributed by atoms with Crippen molar-refractivity contribution in [2.45, 2.75) is 77.8 Å². The Kier molecular flexibility index (Phi) is 13.5. The number of rotatable bonds is 12. The number of alkyl carbamates (subject to hydrolysis) is 2. The van der Waals surface area contributed by atoms with Crippen LogP contribution < -0.4 is 15.4 Å². The number of ether oxygens (including phenoxy) is 3. The highest BCUT2D eigenvalue weighted by Crippen LogP contribution is 2.36. The number of aromatic nitrogens is 4. The molecule has 2 aromatic heterocycles. The molecule has 352 valence electrons. The Hall–Kier alpha value is -7.37. The number of likely N-dealkylation sites (tertiary alicyclic amines) is 1. The van der Waals surface area contributed by atoms with Crippen LogP contribution in [0.4, 0.5) is 14.4 Å². The van der Waals surface area contributed by atoms with E-state index in [9.17, 15) is 24.0 Å². The van der Waals surface area contributed by atoms with E-state index in [1.165, 1.54) is 14.2 Å². The number of urea groups is 1. The second-order valence-corrected chi connectivity index (χ2v) is 17.8. The van der Waals surface area contributed by atoms with Crippen molar-refractivity contribution in [2.24, 2.45) is 11.8 Å². The van der Waals surface area contributed by atoms with Gasteiger partial charge in [0.05, 0.1) is 70.9 Å². The summed E-state index contributed by atoms with van der Waals surface area (Å²) in [4.78, 5) is 89.5. The minimum atomic E-state index is -0.902. The van der Waals surface area contributed by atoms with Gasteiger partial charge < -0.3 is 54.4 Å². The van der Waals surface area contributed by atoms with E-state index < -0.39 is 30.3 Å². The molecule has 0 aliphatic carbocycles. The van der Waals surface area contributed by atoms with Crippen molar-refractivity contribution in [2.75, 3.05) is 41.1 Å². The number of methoxy groups -OCH3 is 3. The van der Waals surface area contributed by atoms with Crippen LogP contribution in [0.5, 0.6) is 5.75 Å². The summed E-state index contributed by atoms with van der Waals surface area (Å²) in [7, 11) is 4.15. The lowest BCUT2D eigenvalue weighted by atomic mass is 10.0. The zero-order valence-electron chi connectivity index (χ0n) is 38.9. The van der Waals surface area contributed by atoms with Gasteiger partial charge in [-0.1, -0.05) is 88.4 Å². The SMILES string of the molecule is COC(=O)N[C@H](C(=O)N1CN(C(=O)N2Cc3cccc(OC)c3C2)CC1c1ncc(-c2ccc(-c3ccc(-c4cnc([C@@H]5CCCN5C(=O)[C@@H](NC(=O)OC)C(C)C)[nH]4)cc3)cc2)[nH]1)C(C)C. The zero-order valence-corrected chi connectivity index (χ0v) is 38.9. The van der Waals surface area contributed by atoms with Crippen LogP contribution in [-0.2, 0) is 32.2 Å². The number of nitrogens with zero attached hydrogens (tertiary/aromatic N) is 6. The first kappa shape index (κ1) is 46.2. The van der Waals surface area contributed by atoms with Crippen molar-refractivity contribution < 1.29 is 38.2 Å². The average molecular weight is 915 g/mol. The van der Waals surface area contributed by atoms with Gasteiger partial charge >= 0.3 is 18.2 Å². The monoisotopic (exact) mass is 914 g/mol. The third-order valence-corrected chi connectivity index (χ3v) is 12.9. The third kappa shape index (κ3) is 9.51. The highest BCUT2D eigenvalue weighted by molar-refractivity contribution is 5.88. The molecule has 6 amide bonds. The predicted molar refractivity (Wildman–Crippen MR) is 248 cm³/mol. The van der Waals surface area contributed by atoms with Gasteiger partial charge in [0.25, 0.3) is 0 Å². The number of aromatic amines is 2. The maximum absolute atomic E-state index is 14.3. The van der Waals surface area contributed by atoms with Gasteiger partial charge in [-0.15, -0.1) is 0 Å². The summed E-state index contributed by atoms with van der Waals surface area (Å²) in [6.07, 6.45) is 3.74. The number of hydrogen-bond donors (Lipinski definition) is 4. The van der Waals surface area contributed by atoms with E-state index >= 15 is 0 Å². The first-order valence-corrected chi connectivity index (χ1v) is 22.6. The molecule has 4 atom stereocenters. The lowest BCUT2D eigenvalue weighted by molar-refractivity contribution is -0.136. The fraction of sp³-hybridized carbons (Fsp3) is 0.408. The summed E-state index contributed by atoms with van der Waals surface area (Å²) < 4.78 is 15.2. The first-order chi connectivity index (χ1) is 32.3. The molecule has 5 heterocycles. The molecule has 3 aliphatic rings. The topological polar surface area (TPSA) is 207 Å². The molecule has 18 nitrogen and oxygen atoms in total. The number of fused-ring (bicyclic) bond motifs is 1. The van der Waals surface area contributed by atoms with Crippen LogP contribution in [0.1, 0.15) is 75.4 Å². The lowest BCUT2D eigenvalue weighted by Gasteiger charge is -2.30. The molecule has 0 bridgehead atoms. The summed E-state index contributed by atoms with van der Waals surface area (Å²) in [5.41, 5.74) is 7.37. The van der Waals surface area contributed by atoms with Crippen LogP contribution in [0, 0.1) is 11.8 Å². The standard InChI is InChI=1S/C49H58N10O8/c1-28(2)41(54-47(62)66-6)45(60)58-21-9-11-38(58)43-50-22-36(52-43)32-17-13-30(14-18-32)31-15-19-33(20-16-31)37-23-51-44(53-37)39-26-57(27-59(39)46(61)42(29(3)4)55-48(63)67-7)49(64)56-24-34-10-8-12-40(65-5)35(34)25-56/h8,10,12-20,22-23,28-29,38-39,41-42H,9,11,21,24-27H2,1-7H3,(H,50,52)(H,51,53)(H,54,62)(H,55,63)/t38-,39?,41-,42-/m0/s1. The summed E-state index contributed by atoms with van der Waals surface area (Å²) in [6.45, 7) is 9.02. The number of amides is 6. The second-order valence-electron chi connectivity index (χ2n) is 17.8. The number of H-pyrrole nitrogens is 2. The van der Waals surface area contributed by atoms with Crippen LogP contribution >= 0.6 is 0 Å². The van der Waals surface area contributed by atoms with Gasteiger partial charge in [0.1, 0.15) is 35.5 Å². The van der Waals surface area contributed by atoms with E-state index in [0.717, 1.165) is 63.4 Å². The van der Waals surface area contributed by atoms with E-state index in [1.54, 1.807) is 39.1 Å². The molecule has 0 saturated carbocycles. The molecule has 8 rings (SSSR count). The van der Waals surface area contributed by atoms with E-state index in [-0.39, 0.29) is 48.9 Å². The smallest absolute Gasteiger partial charge is 0.407 e. The van der Waals surface area contributed by atoms with Crippen LogP contribution in [0.25, 0.3) is 33.6 Å². The van der Waals surface area contributed by atoms with Gasteiger partial charge in [0.2, 0.25) is 11.8 Å².